The van der Waals surface area contributed by atoms with Crippen molar-refractivity contribution in [1.82, 2.24) is 4.57 Å². The van der Waals surface area contributed by atoms with Gasteiger partial charge in [0, 0.05) is 23.5 Å². The number of aromatic nitrogens is 1. The number of hydrogen-bond donors (Lipinski definition) is 0. The van der Waals surface area contributed by atoms with Crippen LogP contribution in [0.3, 0.4) is 0 Å². The molecule has 1 aromatic carbocycles. The summed E-state index contributed by atoms with van der Waals surface area (Å²) in [6.07, 6.45) is 2.70. The molecule has 1 heterocycles. The number of hydrogen-bond acceptors (Lipinski definition) is 2. The summed E-state index contributed by atoms with van der Waals surface area (Å²) in [5.41, 5.74) is 2.44. The zero-order valence-corrected chi connectivity index (χ0v) is 12.5. The van der Waals surface area contributed by atoms with Crippen LogP contribution in [0.2, 0.25) is 5.02 Å². The average Bonchev–Trinajstić information content (AvgIpc) is 3.16. The summed E-state index contributed by atoms with van der Waals surface area (Å²) in [5, 5.41) is 2.97. The van der Waals surface area contributed by atoms with Crippen molar-refractivity contribution in [1.29, 1.82) is 0 Å². The maximum absolute atomic E-state index is 5.95. The molecule has 0 radical (unpaired) electrons. The molecule has 2 aromatic rings. The molecular formula is C15H17ClN2S. The molecule has 1 aliphatic carbocycles. The molecule has 1 saturated carbocycles. The Balaban J connectivity index is 1.97. The minimum atomic E-state index is 0.778. The highest BCUT2D eigenvalue weighted by Crippen LogP contribution is 2.28. The van der Waals surface area contributed by atoms with Crippen LogP contribution in [-0.2, 0) is 6.54 Å². The quantitative estimate of drug-likeness (QED) is 0.803. The highest BCUT2D eigenvalue weighted by Gasteiger charge is 2.20. The van der Waals surface area contributed by atoms with Gasteiger partial charge in [-0.05, 0) is 43.4 Å². The van der Waals surface area contributed by atoms with E-state index in [2.05, 4.69) is 29.0 Å². The van der Waals surface area contributed by atoms with Crippen molar-refractivity contribution in [2.45, 2.75) is 26.3 Å². The molecular weight excluding hydrogens is 276 g/mol. The first kappa shape index (κ1) is 12.9. The Morgan fingerprint density at radius 1 is 1.32 bits per heavy atom. The van der Waals surface area contributed by atoms with E-state index in [0.717, 1.165) is 28.8 Å². The summed E-state index contributed by atoms with van der Waals surface area (Å²) in [7, 11) is 0. The Bertz CT molecular complexity index is 620. The monoisotopic (exact) mass is 292 g/mol. The molecule has 100 valence electrons. The lowest BCUT2D eigenvalue weighted by molar-refractivity contribution is 0.718. The van der Waals surface area contributed by atoms with E-state index in [1.165, 1.54) is 24.1 Å². The van der Waals surface area contributed by atoms with E-state index in [9.17, 15) is 0 Å². The van der Waals surface area contributed by atoms with Gasteiger partial charge in [-0.15, -0.1) is 11.3 Å². The Labute approximate surface area is 122 Å². The molecule has 1 aliphatic rings. The van der Waals surface area contributed by atoms with Gasteiger partial charge in [-0.2, -0.15) is 0 Å². The molecule has 1 aromatic heterocycles. The molecule has 0 N–H and O–H groups in total. The topological polar surface area (TPSA) is 17.3 Å². The summed E-state index contributed by atoms with van der Waals surface area (Å²) in [5.74, 6) is 0.839. The smallest absolute Gasteiger partial charge is 0.185 e. The van der Waals surface area contributed by atoms with E-state index in [-0.39, 0.29) is 0 Å². The van der Waals surface area contributed by atoms with Crippen LogP contribution in [0, 0.1) is 5.92 Å². The molecule has 19 heavy (non-hydrogen) atoms. The summed E-state index contributed by atoms with van der Waals surface area (Å²) in [6.45, 7) is 4.10. The van der Waals surface area contributed by atoms with Gasteiger partial charge in [-0.3, -0.25) is 4.99 Å². The van der Waals surface area contributed by atoms with Crippen molar-refractivity contribution in [3.05, 3.63) is 39.5 Å². The molecule has 2 nitrogen and oxygen atoms in total. The van der Waals surface area contributed by atoms with Gasteiger partial charge in [0.15, 0.2) is 4.80 Å². The first-order valence-corrected chi connectivity index (χ1v) is 7.98. The second kappa shape index (κ2) is 5.51. The van der Waals surface area contributed by atoms with Crippen molar-refractivity contribution >= 4 is 22.9 Å². The van der Waals surface area contributed by atoms with E-state index in [1.807, 2.05) is 12.1 Å². The fraction of sp³-hybridized carbons (Fsp3) is 0.400. The summed E-state index contributed by atoms with van der Waals surface area (Å²) in [4.78, 5) is 5.90. The van der Waals surface area contributed by atoms with Gasteiger partial charge < -0.3 is 4.57 Å². The molecule has 1 fully saturated rings. The summed E-state index contributed by atoms with van der Waals surface area (Å²) in [6, 6.07) is 8.02. The van der Waals surface area contributed by atoms with Crippen LogP contribution in [0.25, 0.3) is 11.3 Å². The Morgan fingerprint density at radius 3 is 2.68 bits per heavy atom. The van der Waals surface area contributed by atoms with Crippen molar-refractivity contribution in [3.63, 3.8) is 0 Å². The Kier molecular flexibility index (Phi) is 3.76. The van der Waals surface area contributed by atoms with Gasteiger partial charge in [-0.25, -0.2) is 0 Å². The molecule has 0 unspecified atom stereocenters. The number of nitrogens with zero attached hydrogens (tertiary/aromatic N) is 2. The van der Waals surface area contributed by atoms with Gasteiger partial charge in [0.2, 0.25) is 0 Å². The lowest BCUT2D eigenvalue weighted by atomic mass is 10.2. The van der Waals surface area contributed by atoms with Crippen molar-refractivity contribution in [3.8, 4) is 11.3 Å². The zero-order valence-electron chi connectivity index (χ0n) is 11.0. The van der Waals surface area contributed by atoms with Crippen LogP contribution < -0.4 is 4.80 Å². The van der Waals surface area contributed by atoms with Crippen LogP contribution in [0.5, 0.6) is 0 Å². The van der Waals surface area contributed by atoms with E-state index in [1.54, 1.807) is 11.3 Å². The fourth-order valence-electron chi connectivity index (χ4n) is 2.12. The van der Waals surface area contributed by atoms with Gasteiger partial charge in [0.25, 0.3) is 0 Å². The van der Waals surface area contributed by atoms with E-state index in [4.69, 9.17) is 16.6 Å². The predicted molar refractivity (Wildman–Crippen MR) is 81.6 cm³/mol. The summed E-state index contributed by atoms with van der Waals surface area (Å²) >= 11 is 7.68. The van der Waals surface area contributed by atoms with Crippen LogP contribution in [0.4, 0.5) is 0 Å². The van der Waals surface area contributed by atoms with Gasteiger partial charge in [0.05, 0.1) is 5.69 Å². The molecule has 0 aliphatic heterocycles. The molecule has 0 amide bonds. The second-order valence-corrected chi connectivity index (χ2v) is 6.21. The highest BCUT2D eigenvalue weighted by molar-refractivity contribution is 7.07. The van der Waals surface area contributed by atoms with Crippen LogP contribution in [0.15, 0.2) is 34.6 Å². The number of benzene rings is 1. The maximum atomic E-state index is 5.95. The highest BCUT2D eigenvalue weighted by atomic mass is 35.5. The van der Waals surface area contributed by atoms with E-state index < -0.39 is 0 Å². The fourth-order valence-corrected chi connectivity index (χ4v) is 3.23. The third kappa shape index (κ3) is 2.93. The summed E-state index contributed by atoms with van der Waals surface area (Å²) < 4.78 is 2.29. The number of halogens is 1. The predicted octanol–water partition coefficient (Wildman–Crippen LogP) is 4.20. The minimum Gasteiger partial charge on any atom is -0.317 e. The third-order valence-electron chi connectivity index (χ3n) is 3.44. The first-order chi connectivity index (χ1) is 9.28. The van der Waals surface area contributed by atoms with Crippen molar-refractivity contribution in [2.24, 2.45) is 10.9 Å². The van der Waals surface area contributed by atoms with Gasteiger partial charge >= 0.3 is 0 Å². The number of rotatable bonds is 4. The van der Waals surface area contributed by atoms with Crippen LogP contribution in [-0.4, -0.2) is 11.1 Å². The maximum Gasteiger partial charge on any atom is 0.185 e. The Hall–Kier alpha value is -1.06. The molecule has 0 spiro atoms. The van der Waals surface area contributed by atoms with Gasteiger partial charge in [0.1, 0.15) is 0 Å². The first-order valence-electron chi connectivity index (χ1n) is 6.72. The molecule has 0 bridgehead atoms. The average molecular weight is 293 g/mol. The lowest BCUT2D eigenvalue weighted by Crippen LogP contribution is -2.15. The van der Waals surface area contributed by atoms with Crippen molar-refractivity contribution in [2.75, 3.05) is 6.54 Å². The zero-order chi connectivity index (χ0) is 13.2. The largest absolute Gasteiger partial charge is 0.317 e. The third-order valence-corrected chi connectivity index (χ3v) is 4.59. The normalized spacial score (nSPS) is 16.0. The Morgan fingerprint density at radius 2 is 2.05 bits per heavy atom. The SMILES string of the molecule is CCn1c(-c2ccc(Cl)cc2)csc1=NCC1CC1. The lowest BCUT2D eigenvalue weighted by Gasteiger charge is -2.06. The van der Waals surface area contributed by atoms with Gasteiger partial charge in [-0.1, -0.05) is 23.7 Å². The minimum absolute atomic E-state index is 0.778. The second-order valence-electron chi connectivity index (χ2n) is 4.94. The molecule has 3 rings (SSSR count). The van der Waals surface area contributed by atoms with E-state index in [0.29, 0.717) is 0 Å². The molecule has 0 saturated heterocycles. The standard InChI is InChI=1S/C15H17ClN2S/c1-2-18-14(12-5-7-13(16)8-6-12)10-19-15(18)17-9-11-3-4-11/h5-8,10-11H,2-4,9H2,1H3. The van der Waals surface area contributed by atoms with Crippen LogP contribution in [0.1, 0.15) is 19.8 Å². The van der Waals surface area contributed by atoms with Crippen molar-refractivity contribution < 1.29 is 0 Å². The van der Waals surface area contributed by atoms with E-state index >= 15 is 0 Å². The number of thiazole rings is 1. The molecule has 0 atom stereocenters. The molecule has 4 heteroatoms. The van der Waals surface area contributed by atoms with Crippen LogP contribution >= 0.6 is 22.9 Å².